The van der Waals surface area contributed by atoms with Crippen LogP contribution in [0.15, 0.2) is 48.8 Å². The number of hydrogen-bond donors (Lipinski definition) is 1. The van der Waals surface area contributed by atoms with Gasteiger partial charge in [0.05, 0.1) is 17.5 Å². The van der Waals surface area contributed by atoms with Crippen LogP contribution in [0.5, 0.6) is 0 Å². The number of aromatic nitrogens is 1. The van der Waals surface area contributed by atoms with Gasteiger partial charge in [0.2, 0.25) is 10.0 Å². The van der Waals surface area contributed by atoms with Gasteiger partial charge in [0, 0.05) is 44.1 Å². The Morgan fingerprint density at radius 2 is 1.93 bits per heavy atom. The molecule has 1 unspecified atom stereocenters. The average Bonchev–Trinajstić information content (AvgIpc) is 3.07. The molecule has 9 heteroatoms. The minimum atomic E-state index is -3.22. The van der Waals surface area contributed by atoms with E-state index in [2.05, 4.69) is 10.3 Å². The van der Waals surface area contributed by atoms with Crippen LogP contribution < -0.4 is 9.62 Å². The van der Waals surface area contributed by atoms with E-state index in [0.717, 1.165) is 12.1 Å². The Kier molecular flexibility index (Phi) is 6.22. The van der Waals surface area contributed by atoms with Crippen molar-refractivity contribution in [2.75, 3.05) is 36.2 Å². The maximum atomic E-state index is 13.1. The van der Waals surface area contributed by atoms with Gasteiger partial charge in [-0.25, -0.2) is 8.42 Å². The summed E-state index contributed by atoms with van der Waals surface area (Å²) in [5, 5.41) is 3.33. The Morgan fingerprint density at radius 3 is 2.57 bits per heavy atom. The molecule has 4 rings (SSSR count). The molecule has 1 atom stereocenters. The highest BCUT2D eigenvalue weighted by atomic mass is 35.5. The predicted octanol–water partition coefficient (Wildman–Crippen LogP) is 1.83. The third kappa shape index (κ3) is 3.99. The molecule has 1 N–H and O–H groups in total. The van der Waals surface area contributed by atoms with Crippen molar-refractivity contribution in [3.63, 3.8) is 0 Å². The largest absolute Gasteiger partial charge is 0.329 e. The molecule has 1 aromatic carbocycles. The Labute approximate surface area is 171 Å². The number of anilines is 1. The molecule has 1 aromatic heterocycles. The molecule has 2 aliphatic heterocycles. The third-order valence-electron chi connectivity index (χ3n) is 5.07. The maximum absolute atomic E-state index is 13.1. The SMILES string of the molecule is Cl.O=C(c1ccc(N2CCCS2(=O)=O)cc1)N1CCNCC1c1cccnc1. The van der Waals surface area contributed by atoms with Crippen molar-refractivity contribution in [1.29, 1.82) is 0 Å². The molecular formula is C19H23ClN4O3S. The summed E-state index contributed by atoms with van der Waals surface area (Å²) < 4.78 is 25.6. The van der Waals surface area contributed by atoms with E-state index in [-0.39, 0.29) is 30.1 Å². The van der Waals surface area contributed by atoms with E-state index < -0.39 is 10.0 Å². The van der Waals surface area contributed by atoms with Gasteiger partial charge in [0.25, 0.3) is 5.91 Å². The van der Waals surface area contributed by atoms with Crippen molar-refractivity contribution >= 4 is 34.0 Å². The number of amides is 1. The van der Waals surface area contributed by atoms with E-state index in [9.17, 15) is 13.2 Å². The fraction of sp³-hybridized carbons (Fsp3) is 0.368. The summed E-state index contributed by atoms with van der Waals surface area (Å²) in [6, 6.07) is 10.7. The summed E-state index contributed by atoms with van der Waals surface area (Å²) in [5.41, 5.74) is 2.18. The van der Waals surface area contributed by atoms with Crippen molar-refractivity contribution in [3.8, 4) is 0 Å². The quantitative estimate of drug-likeness (QED) is 0.815. The molecule has 0 aliphatic carbocycles. The summed E-state index contributed by atoms with van der Waals surface area (Å²) in [6.07, 6.45) is 4.15. The molecule has 7 nitrogen and oxygen atoms in total. The number of nitrogens with one attached hydrogen (secondary N) is 1. The minimum Gasteiger partial charge on any atom is -0.329 e. The molecule has 1 amide bonds. The summed E-state index contributed by atoms with van der Waals surface area (Å²) in [7, 11) is -3.22. The number of benzene rings is 1. The fourth-order valence-electron chi connectivity index (χ4n) is 3.68. The first-order valence-corrected chi connectivity index (χ1v) is 10.7. The van der Waals surface area contributed by atoms with E-state index >= 15 is 0 Å². The van der Waals surface area contributed by atoms with Crippen LogP contribution in [0, 0.1) is 0 Å². The van der Waals surface area contributed by atoms with E-state index in [4.69, 9.17) is 0 Å². The summed E-state index contributed by atoms with van der Waals surface area (Å²) in [4.78, 5) is 19.1. The zero-order valence-electron chi connectivity index (χ0n) is 15.3. The van der Waals surface area contributed by atoms with Crippen LogP contribution in [0.3, 0.4) is 0 Å². The number of pyridine rings is 1. The van der Waals surface area contributed by atoms with Gasteiger partial charge in [-0.3, -0.25) is 14.1 Å². The molecule has 0 saturated carbocycles. The molecule has 2 saturated heterocycles. The Bertz CT molecular complexity index is 922. The van der Waals surface area contributed by atoms with Gasteiger partial charge in [-0.2, -0.15) is 0 Å². The van der Waals surface area contributed by atoms with Gasteiger partial charge >= 0.3 is 0 Å². The molecule has 2 aliphatic rings. The van der Waals surface area contributed by atoms with Crippen molar-refractivity contribution < 1.29 is 13.2 Å². The molecule has 2 aromatic rings. The van der Waals surface area contributed by atoms with Crippen LogP contribution >= 0.6 is 12.4 Å². The standard InChI is InChI=1S/C19H22N4O3S.ClH/c24-19(22-11-9-21-14-18(22)16-3-1-8-20-13-16)15-4-6-17(7-5-15)23-10-2-12-27(23,25)26;/h1,3-8,13,18,21H,2,9-12,14H2;1H. The topological polar surface area (TPSA) is 82.6 Å². The van der Waals surface area contributed by atoms with Crippen LogP contribution in [0.2, 0.25) is 0 Å². The normalized spacial score (nSPS) is 21.2. The monoisotopic (exact) mass is 422 g/mol. The van der Waals surface area contributed by atoms with Crippen LogP contribution in [0.1, 0.15) is 28.4 Å². The fourth-order valence-corrected chi connectivity index (χ4v) is 5.25. The first-order chi connectivity index (χ1) is 13.1. The number of piperazine rings is 1. The number of carbonyl (C=O) groups excluding carboxylic acids is 1. The second-order valence-corrected chi connectivity index (χ2v) is 8.81. The van der Waals surface area contributed by atoms with E-state index in [1.54, 1.807) is 36.7 Å². The Balaban J connectivity index is 0.00000225. The van der Waals surface area contributed by atoms with Crippen molar-refractivity contribution in [2.45, 2.75) is 12.5 Å². The smallest absolute Gasteiger partial charge is 0.254 e. The van der Waals surface area contributed by atoms with Gasteiger partial charge in [-0.1, -0.05) is 6.07 Å². The molecule has 28 heavy (non-hydrogen) atoms. The van der Waals surface area contributed by atoms with Gasteiger partial charge in [0.15, 0.2) is 0 Å². The molecule has 2 fully saturated rings. The Hall–Kier alpha value is -2.16. The summed E-state index contributed by atoms with van der Waals surface area (Å²) in [6.45, 7) is 2.53. The van der Waals surface area contributed by atoms with E-state index in [1.165, 1.54) is 4.31 Å². The molecule has 0 spiro atoms. The maximum Gasteiger partial charge on any atom is 0.254 e. The van der Waals surface area contributed by atoms with Crippen LogP contribution in [-0.4, -0.2) is 56.1 Å². The lowest BCUT2D eigenvalue weighted by molar-refractivity contribution is 0.0634. The lowest BCUT2D eigenvalue weighted by atomic mass is 10.0. The summed E-state index contributed by atoms with van der Waals surface area (Å²) >= 11 is 0. The molecular weight excluding hydrogens is 400 g/mol. The highest BCUT2D eigenvalue weighted by Gasteiger charge is 2.30. The summed E-state index contributed by atoms with van der Waals surface area (Å²) in [5.74, 6) is 0.127. The highest BCUT2D eigenvalue weighted by molar-refractivity contribution is 7.93. The van der Waals surface area contributed by atoms with E-state index in [0.29, 0.717) is 37.3 Å². The number of rotatable bonds is 3. The predicted molar refractivity (Wildman–Crippen MR) is 110 cm³/mol. The zero-order valence-corrected chi connectivity index (χ0v) is 17.0. The first kappa shape index (κ1) is 20.6. The van der Waals surface area contributed by atoms with Gasteiger partial charge < -0.3 is 10.2 Å². The number of hydrogen-bond acceptors (Lipinski definition) is 5. The first-order valence-electron chi connectivity index (χ1n) is 9.08. The third-order valence-corrected chi connectivity index (χ3v) is 6.94. The van der Waals surface area contributed by atoms with Crippen LogP contribution in [-0.2, 0) is 10.0 Å². The molecule has 0 bridgehead atoms. The molecule has 0 radical (unpaired) electrons. The van der Waals surface area contributed by atoms with Gasteiger partial charge in [-0.15, -0.1) is 12.4 Å². The van der Waals surface area contributed by atoms with Crippen molar-refractivity contribution in [2.24, 2.45) is 0 Å². The molecule has 3 heterocycles. The number of halogens is 1. The Morgan fingerprint density at radius 1 is 1.14 bits per heavy atom. The van der Waals surface area contributed by atoms with Crippen molar-refractivity contribution in [3.05, 3.63) is 59.9 Å². The van der Waals surface area contributed by atoms with Gasteiger partial charge in [-0.05, 0) is 42.3 Å². The number of sulfonamides is 1. The zero-order chi connectivity index (χ0) is 18.9. The lowest BCUT2D eigenvalue weighted by Gasteiger charge is -2.36. The van der Waals surface area contributed by atoms with Gasteiger partial charge in [0.1, 0.15) is 0 Å². The molecule has 150 valence electrons. The minimum absolute atomic E-state index is 0. The van der Waals surface area contributed by atoms with Crippen molar-refractivity contribution in [1.82, 2.24) is 15.2 Å². The average molecular weight is 423 g/mol. The van der Waals surface area contributed by atoms with Crippen LogP contribution in [0.25, 0.3) is 0 Å². The lowest BCUT2D eigenvalue weighted by Crippen LogP contribution is -2.48. The number of carbonyl (C=O) groups is 1. The second kappa shape index (κ2) is 8.46. The van der Waals surface area contributed by atoms with Crippen LogP contribution in [0.4, 0.5) is 5.69 Å². The van der Waals surface area contributed by atoms with E-state index in [1.807, 2.05) is 17.0 Å². The number of nitrogens with zero attached hydrogens (tertiary/aromatic N) is 3. The second-order valence-electron chi connectivity index (χ2n) is 6.79. The highest BCUT2D eigenvalue weighted by Crippen LogP contribution is 2.27.